The Morgan fingerprint density at radius 2 is 1.92 bits per heavy atom. The number of furan rings is 1. The number of rotatable bonds is 5. The molecule has 0 unspecified atom stereocenters. The van der Waals surface area contributed by atoms with Gasteiger partial charge in [-0.1, -0.05) is 12.1 Å². The first kappa shape index (κ1) is 17.0. The molecule has 2 aromatic rings. The highest BCUT2D eigenvalue weighted by atomic mass is 16.4. The van der Waals surface area contributed by atoms with Crippen LogP contribution in [-0.4, -0.2) is 22.8 Å². The topological polar surface area (TPSA) is 96.6 Å². The minimum Gasteiger partial charge on any atom is -0.481 e. The van der Waals surface area contributed by atoms with E-state index in [1.54, 1.807) is 31.2 Å². The fourth-order valence-corrected chi connectivity index (χ4v) is 3.06. The highest BCUT2D eigenvalue weighted by Crippen LogP contribution is 2.29. The van der Waals surface area contributed by atoms with E-state index < -0.39 is 11.9 Å². The molecule has 1 aromatic carbocycles. The number of carboxylic acids is 1. The van der Waals surface area contributed by atoms with E-state index >= 15 is 0 Å². The van der Waals surface area contributed by atoms with Crippen molar-refractivity contribution in [1.29, 1.82) is 0 Å². The van der Waals surface area contributed by atoms with Gasteiger partial charge in [0.2, 0.25) is 0 Å². The number of nitrogens with one attached hydrogen (secondary N) is 1. The van der Waals surface area contributed by atoms with Crippen LogP contribution in [0.25, 0.3) is 0 Å². The molecule has 2 N–H and O–H groups in total. The molecule has 3 rings (SSSR count). The normalized spacial score (nSPS) is 13.4. The quantitative estimate of drug-likeness (QED) is 0.869. The first-order valence-corrected chi connectivity index (χ1v) is 8.23. The van der Waals surface area contributed by atoms with Gasteiger partial charge in [-0.05, 0) is 37.5 Å². The number of benzene rings is 1. The van der Waals surface area contributed by atoms with Crippen molar-refractivity contribution in [2.24, 2.45) is 0 Å². The van der Waals surface area contributed by atoms with E-state index in [1.165, 1.54) is 0 Å². The van der Waals surface area contributed by atoms with Gasteiger partial charge in [0, 0.05) is 30.5 Å². The summed E-state index contributed by atoms with van der Waals surface area (Å²) in [6.45, 7) is 1.73. The third-order valence-corrected chi connectivity index (χ3v) is 4.35. The number of ketones is 1. The van der Waals surface area contributed by atoms with Crippen molar-refractivity contribution in [2.45, 2.75) is 39.0 Å². The number of aryl methyl sites for hydroxylation is 2. The lowest BCUT2D eigenvalue weighted by Crippen LogP contribution is -2.13. The molecular formula is C19H19NO5. The molecule has 1 aliphatic rings. The zero-order valence-electron chi connectivity index (χ0n) is 13.9. The second-order valence-electron chi connectivity index (χ2n) is 6.18. The molecule has 25 heavy (non-hydrogen) atoms. The largest absolute Gasteiger partial charge is 0.481 e. The van der Waals surface area contributed by atoms with Crippen LogP contribution in [0.1, 0.15) is 57.1 Å². The van der Waals surface area contributed by atoms with Crippen LogP contribution in [0.2, 0.25) is 0 Å². The molecule has 6 heteroatoms. The van der Waals surface area contributed by atoms with Crippen molar-refractivity contribution in [3.63, 3.8) is 0 Å². The summed E-state index contributed by atoms with van der Waals surface area (Å²) >= 11 is 0. The third kappa shape index (κ3) is 3.63. The molecular weight excluding hydrogens is 322 g/mol. The predicted octanol–water partition coefficient (Wildman–Crippen LogP) is 3.38. The minimum absolute atomic E-state index is 0.0318. The summed E-state index contributed by atoms with van der Waals surface area (Å²) in [5.41, 5.74) is 2.62. The van der Waals surface area contributed by atoms with Crippen LogP contribution in [0.5, 0.6) is 0 Å². The molecule has 1 aliphatic carbocycles. The lowest BCUT2D eigenvalue weighted by molar-refractivity contribution is -0.136. The molecule has 0 radical (unpaired) electrons. The molecule has 1 aromatic heterocycles. The molecule has 1 amide bonds. The Balaban J connectivity index is 1.72. The van der Waals surface area contributed by atoms with E-state index in [1.807, 2.05) is 0 Å². The number of anilines is 1. The van der Waals surface area contributed by atoms with Crippen molar-refractivity contribution >= 4 is 23.3 Å². The standard InChI is InChI=1S/C19H19NO5/c1-11-17-14(21)3-2-4-15(17)25-18(11)19(24)20-13-8-5-12(6-9-13)7-10-16(22)23/h5-6,8-9H,2-4,7,10H2,1H3,(H,20,24)(H,22,23). The van der Waals surface area contributed by atoms with Crippen LogP contribution in [0.3, 0.4) is 0 Å². The predicted molar refractivity (Wildman–Crippen MR) is 91.1 cm³/mol. The van der Waals surface area contributed by atoms with Crippen molar-refractivity contribution in [2.75, 3.05) is 5.32 Å². The molecule has 0 bridgehead atoms. The van der Waals surface area contributed by atoms with Gasteiger partial charge in [0.05, 0.1) is 5.56 Å². The molecule has 0 saturated heterocycles. The number of carbonyl (C=O) groups excluding carboxylic acids is 2. The highest BCUT2D eigenvalue weighted by Gasteiger charge is 2.28. The smallest absolute Gasteiger partial charge is 0.303 e. The molecule has 130 valence electrons. The molecule has 0 atom stereocenters. The summed E-state index contributed by atoms with van der Waals surface area (Å²) in [5, 5.41) is 11.5. The average Bonchev–Trinajstić information content (AvgIpc) is 2.92. The lowest BCUT2D eigenvalue weighted by Gasteiger charge is -2.07. The van der Waals surface area contributed by atoms with E-state index in [-0.39, 0.29) is 18.0 Å². The number of amides is 1. The Morgan fingerprint density at radius 3 is 2.56 bits per heavy atom. The highest BCUT2D eigenvalue weighted by molar-refractivity contribution is 6.07. The van der Waals surface area contributed by atoms with Gasteiger partial charge in [-0.3, -0.25) is 14.4 Å². The molecule has 1 heterocycles. The minimum atomic E-state index is -0.843. The van der Waals surface area contributed by atoms with Crippen LogP contribution in [0.15, 0.2) is 28.7 Å². The summed E-state index contributed by atoms with van der Waals surface area (Å²) < 4.78 is 5.63. The maximum atomic E-state index is 12.5. The maximum absolute atomic E-state index is 12.5. The summed E-state index contributed by atoms with van der Waals surface area (Å²) in [6.07, 6.45) is 2.42. The zero-order valence-corrected chi connectivity index (χ0v) is 13.9. The van der Waals surface area contributed by atoms with E-state index in [2.05, 4.69) is 5.32 Å². The third-order valence-electron chi connectivity index (χ3n) is 4.35. The Kier molecular flexibility index (Phi) is 4.70. The van der Waals surface area contributed by atoms with Crippen LogP contribution in [-0.2, 0) is 17.6 Å². The van der Waals surface area contributed by atoms with E-state index in [0.29, 0.717) is 41.8 Å². The molecule has 6 nitrogen and oxygen atoms in total. The lowest BCUT2D eigenvalue weighted by atomic mass is 9.94. The second-order valence-corrected chi connectivity index (χ2v) is 6.18. The van der Waals surface area contributed by atoms with Gasteiger partial charge in [0.15, 0.2) is 11.5 Å². The maximum Gasteiger partial charge on any atom is 0.303 e. The molecule has 0 aliphatic heterocycles. The van der Waals surface area contributed by atoms with Gasteiger partial charge in [-0.15, -0.1) is 0 Å². The first-order chi connectivity index (χ1) is 12.0. The fraction of sp³-hybridized carbons (Fsp3) is 0.316. The SMILES string of the molecule is Cc1c(C(=O)Nc2ccc(CCC(=O)O)cc2)oc2c1C(=O)CCC2. The zero-order chi connectivity index (χ0) is 18.0. The number of carbonyl (C=O) groups is 3. The van der Waals surface area contributed by atoms with Crippen LogP contribution in [0.4, 0.5) is 5.69 Å². The van der Waals surface area contributed by atoms with Gasteiger partial charge in [-0.2, -0.15) is 0 Å². The number of aliphatic carboxylic acids is 1. The second kappa shape index (κ2) is 6.93. The molecule has 0 spiro atoms. The van der Waals surface area contributed by atoms with Crippen molar-refractivity contribution in [1.82, 2.24) is 0 Å². The van der Waals surface area contributed by atoms with Crippen LogP contribution in [0, 0.1) is 6.92 Å². The first-order valence-electron chi connectivity index (χ1n) is 8.23. The van der Waals surface area contributed by atoms with E-state index in [9.17, 15) is 14.4 Å². The fourth-order valence-electron chi connectivity index (χ4n) is 3.06. The summed E-state index contributed by atoms with van der Waals surface area (Å²) in [5.74, 6) is -0.426. The Morgan fingerprint density at radius 1 is 1.20 bits per heavy atom. The van der Waals surface area contributed by atoms with Gasteiger partial charge < -0.3 is 14.8 Å². The van der Waals surface area contributed by atoms with Gasteiger partial charge in [-0.25, -0.2) is 0 Å². The Hall–Kier alpha value is -2.89. The van der Waals surface area contributed by atoms with Gasteiger partial charge in [0.25, 0.3) is 5.91 Å². The van der Waals surface area contributed by atoms with Gasteiger partial charge >= 0.3 is 5.97 Å². The van der Waals surface area contributed by atoms with Crippen molar-refractivity contribution in [3.8, 4) is 0 Å². The monoisotopic (exact) mass is 341 g/mol. The molecule has 0 fully saturated rings. The van der Waals surface area contributed by atoms with E-state index in [4.69, 9.17) is 9.52 Å². The number of Topliss-reactive ketones (excluding diaryl/α,β-unsaturated/α-hetero) is 1. The number of hydrogen-bond acceptors (Lipinski definition) is 4. The number of fused-ring (bicyclic) bond motifs is 1. The number of carboxylic acid groups (broad SMARTS) is 1. The van der Waals surface area contributed by atoms with Crippen LogP contribution < -0.4 is 5.32 Å². The summed E-state index contributed by atoms with van der Waals surface area (Å²) in [4.78, 5) is 35.1. The summed E-state index contributed by atoms with van der Waals surface area (Å²) in [7, 11) is 0. The number of hydrogen-bond donors (Lipinski definition) is 2. The average molecular weight is 341 g/mol. The Bertz CT molecular complexity index is 832. The van der Waals surface area contributed by atoms with Crippen molar-refractivity contribution < 1.29 is 23.9 Å². The van der Waals surface area contributed by atoms with E-state index in [0.717, 1.165) is 12.0 Å². The Labute approximate surface area is 144 Å². The van der Waals surface area contributed by atoms with Gasteiger partial charge in [0.1, 0.15) is 5.76 Å². The van der Waals surface area contributed by atoms with Crippen molar-refractivity contribution in [3.05, 3.63) is 52.5 Å². The van der Waals surface area contributed by atoms with Crippen LogP contribution >= 0.6 is 0 Å². The summed E-state index contributed by atoms with van der Waals surface area (Å²) in [6, 6.07) is 7.00. The molecule has 0 saturated carbocycles.